The van der Waals surface area contributed by atoms with E-state index in [0.29, 0.717) is 10.9 Å². The van der Waals surface area contributed by atoms with Crippen LogP contribution < -0.4 is 5.56 Å². The minimum atomic E-state index is -0.742. The van der Waals surface area contributed by atoms with Crippen LogP contribution in [0.4, 0.5) is 4.39 Å². The Labute approximate surface area is 93.9 Å². The summed E-state index contributed by atoms with van der Waals surface area (Å²) in [5, 5.41) is 0.703. The van der Waals surface area contributed by atoms with E-state index < -0.39 is 11.4 Å². The molecule has 0 saturated carbocycles. The summed E-state index contributed by atoms with van der Waals surface area (Å²) in [5.41, 5.74) is -0.0161. The number of nitrogens with one attached hydrogen (secondary N) is 1. The van der Waals surface area contributed by atoms with Gasteiger partial charge in [-0.15, -0.1) is 0 Å². The molecule has 2 rings (SSSR count). The number of pyridine rings is 1. The van der Waals surface area contributed by atoms with Crippen LogP contribution in [0.15, 0.2) is 35.1 Å². The number of hydrogen-bond acceptors (Lipinski definition) is 1. The van der Waals surface area contributed by atoms with Gasteiger partial charge in [-0.1, -0.05) is 18.2 Å². The summed E-state index contributed by atoms with van der Waals surface area (Å²) in [6.07, 6.45) is 0. The SMILES string of the molecule is O=c1[nH]c2ccccc2cc1F.[PbH2]. The van der Waals surface area contributed by atoms with Crippen LogP contribution in [-0.2, 0) is 0 Å². The topological polar surface area (TPSA) is 32.9 Å². The van der Waals surface area contributed by atoms with Crippen LogP contribution in [0.5, 0.6) is 0 Å². The van der Waals surface area contributed by atoms with E-state index >= 15 is 0 Å². The summed E-state index contributed by atoms with van der Waals surface area (Å²) in [4.78, 5) is 13.2. The van der Waals surface area contributed by atoms with Crippen LogP contribution in [0.3, 0.4) is 0 Å². The maximum atomic E-state index is 12.7. The molecule has 2 radical (unpaired) electrons. The zero-order valence-electron chi connectivity index (χ0n) is 6.88. The summed E-state index contributed by atoms with van der Waals surface area (Å²) >= 11 is 0. The molecule has 0 aliphatic carbocycles. The molecule has 0 unspecified atom stereocenters. The van der Waals surface area contributed by atoms with Crippen LogP contribution in [-0.4, -0.2) is 32.3 Å². The minimum absolute atomic E-state index is 0. The Morgan fingerprint density at radius 3 is 2.69 bits per heavy atom. The predicted octanol–water partition coefficient (Wildman–Crippen LogP) is 0.751. The van der Waals surface area contributed by atoms with Gasteiger partial charge >= 0.3 is 27.3 Å². The van der Waals surface area contributed by atoms with Crippen molar-refractivity contribution in [3.05, 3.63) is 46.5 Å². The number of H-pyrrole nitrogens is 1. The van der Waals surface area contributed by atoms with Gasteiger partial charge in [0.1, 0.15) is 0 Å². The van der Waals surface area contributed by atoms with Gasteiger partial charge in [-0.05, 0) is 12.1 Å². The summed E-state index contributed by atoms with van der Waals surface area (Å²) in [7, 11) is 0. The molecule has 1 heterocycles. The third kappa shape index (κ3) is 1.96. The second-order valence-electron chi connectivity index (χ2n) is 2.53. The van der Waals surface area contributed by atoms with E-state index in [9.17, 15) is 9.18 Å². The first-order valence-corrected chi connectivity index (χ1v) is 3.55. The number of hydrogen-bond donors (Lipinski definition) is 1. The Kier molecular flexibility index (Phi) is 3.18. The van der Waals surface area contributed by atoms with E-state index in [2.05, 4.69) is 4.98 Å². The number of aromatic amines is 1. The Balaban J connectivity index is 0.000000845. The number of rotatable bonds is 0. The zero-order chi connectivity index (χ0) is 8.55. The first kappa shape index (κ1) is 10.4. The van der Waals surface area contributed by atoms with Crippen molar-refractivity contribution in [1.82, 2.24) is 4.98 Å². The zero-order valence-corrected chi connectivity index (χ0v) is 12.4. The summed E-state index contributed by atoms with van der Waals surface area (Å²) < 4.78 is 12.7. The van der Waals surface area contributed by atoms with E-state index in [4.69, 9.17) is 0 Å². The van der Waals surface area contributed by atoms with Gasteiger partial charge in [-0.25, -0.2) is 4.39 Å². The molecule has 1 aromatic heterocycles. The molecule has 0 atom stereocenters. The van der Waals surface area contributed by atoms with E-state index in [0.717, 1.165) is 0 Å². The first-order valence-electron chi connectivity index (χ1n) is 3.55. The van der Waals surface area contributed by atoms with Gasteiger partial charge in [0, 0.05) is 10.9 Å². The van der Waals surface area contributed by atoms with E-state index in [1.54, 1.807) is 24.3 Å². The van der Waals surface area contributed by atoms with Crippen LogP contribution in [0.1, 0.15) is 0 Å². The fraction of sp³-hybridized carbons (Fsp3) is 0. The standard InChI is InChI=1S/C9H6FNO.Pb.2H/c10-7-5-6-3-1-2-4-8(6)11-9(7)12;;;/h1-5H,(H,11,12);;;. The van der Waals surface area contributed by atoms with Gasteiger partial charge in [-0.3, -0.25) is 4.79 Å². The van der Waals surface area contributed by atoms with Gasteiger partial charge < -0.3 is 4.98 Å². The van der Waals surface area contributed by atoms with Gasteiger partial charge in [-0.2, -0.15) is 0 Å². The molecular formula is C9H8FNOPb. The average molecular weight is 372 g/mol. The molecule has 0 aliphatic rings. The van der Waals surface area contributed by atoms with Crippen molar-refractivity contribution in [3.63, 3.8) is 0 Å². The van der Waals surface area contributed by atoms with E-state index in [1.165, 1.54) is 6.07 Å². The molecule has 2 nitrogen and oxygen atoms in total. The maximum absolute atomic E-state index is 12.7. The molecule has 0 bridgehead atoms. The molecule has 13 heavy (non-hydrogen) atoms. The number of aromatic nitrogens is 1. The van der Waals surface area contributed by atoms with Crippen molar-refractivity contribution in [2.75, 3.05) is 0 Å². The molecule has 1 aromatic carbocycles. The predicted molar refractivity (Wildman–Crippen MR) is 53.1 cm³/mol. The van der Waals surface area contributed by atoms with Crippen molar-refractivity contribution in [1.29, 1.82) is 0 Å². The Morgan fingerprint density at radius 1 is 1.23 bits per heavy atom. The molecule has 0 amide bonds. The number of fused-ring (bicyclic) bond motifs is 1. The third-order valence-electron chi connectivity index (χ3n) is 1.71. The van der Waals surface area contributed by atoms with Gasteiger partial charge in [0.15, 0.2) is 5.82 Å². The van der Waals surface area contributed by atoms with Gasteiger partial charge in [0.05, 0.1) is 0 Å². The average Bonchev–Trinajstić information content (AvgIpc) is 2.07. The van der Waals surface area contributed by atoms with Crippen LogP contribution in [0, 0.1) is 5.82 Å². The fourth-order valence-corrected chi connectivity index (χ4v) is 1.12. The molecule has 0 fully saturated rings. The summed E-state index contributed by atoms with van der Waals surface area (Å²) in [5.74, 6) is -0.742. The molecule has 0 saturated heterocycles. The summed E-state index contributed by atoms with van der Waals surface area (Å²) in [6, 6.07) is 8.29. The van der Waals surface area contributed by atoms with Crippen molar-refractivity contribution < 1.29 is 4.39 Å². The van der Waals surface area contributed by atoms with Crippen molar-refractivity contribution in [2.45, 2.75) is 0 Å². The molecule has 4 heteroatoms. The molecule has 2 aromatic rings. The quantitative estimate of drug-likeness (QED) is 0.681. The monoisotopic (exact) mass is 373 g/mol. The number of benzene rings is 1. The molecular weight excluding hydrogens is 364 g/mol. The Morgan fingerprint density at radius 2 is 1.92 bits per heavy atom. The van der Waals surface area contributed by atoms with Crippen LogP contribution >= 0.6 is 0 Å². The number of halogens is 1. The second-order valence-corrected chi connectivity index (χ2v) is 2.53. The molecule has 66 valence electrons. The molecule has 0 spiro atoms. The molecule has 0 aliphatic heterocycles. The third-order valence-corrected chi connectivity index (χ3v) is 1.71. The van der Waals surface area contributed by atoms with Crippen molar-refractivity contribution >= 4 is 38.2 Å². The first-order chi connectivity index (χ1) is 5.77. The van der Waals surface area contributed by atoms with E-state index in [1.807, 2.05) is 0 Å². The van der Waals surface area contributed by atoms with Crippen molar-refractivity contribution in [3.8, 4) is 0 Å². The van der Waals surface area contributed by atoms with Crippen LogP contribution in [0.25, 0.3) is 10.9 Å². The van der Waals surface area contributed by atoms with Gasteiger partial charge in [0.25, 0.3) is 5.56 Å². The Bertz CT molecular complexity index is 480. The van der Waals surface area contributed by atoms with Crippen LogP contribution in [0.2, 0.25) is 0 Å². The normalized spacial score (nSPS) is 9.62. The second kappa shape index (κ2) is 3.99. The fourth-order valence-electron chi connectivity index (χ4n) is 1.12. The van der Waals surface area contributed by atoms with Crippen molar-refractivity contribution in [2.24, 2.45) is 0 Å². The Hall–Kier alpha value is -0.718. The van der Waals surface area contributed by atoms with E-state index in [-0.39, 0.29) is 27.3 Å². The van der Waals surface area contributed by atoms with Gasteiger partial charge in [0.2, 0.25) is 0 Å². The molecule has 1 N–H and O–H groups in total. The number of para-hydroxylation sites is 1. The summed E-state index contributed by atoms with van der Waals surface area (Å²) in [6.45, 7) is 0.